The number of hydrogen-bond acceptors (Lipinski definition) is 9. The van der Waals surface area contributed by atoms with Crippen molar-refractivity contribution < 1.29 is 47.8 Å². The Kier molecular flexibility index (Phi) is 39.6. The van der Waals surface area contributed by atoms with Crippen LogP contribution in [-0.4, -0.2) is 65.7 Å². The molecule has 0 bridgehead atoms. The summed E-state index contributed by atoms with van der Waals surface area (Å²) in [4.78, 5) is 35.0. The van der Waals surface area contributed by atoms with Gasteiger partial charge in [0, 0.05) is 12.8 Å². The van der Waals surface area contributed by atoms with E-state index in [1.807, 2.05) is 36.5 Å². The molecule has 0 radical (unpaired) electrons. The first-order valence-electron chi connectivity index (χ1n) is 22.1. The van der Waals surface area contributed by atoms with Gasteiger partial charge in [-0.05, 0) is 32.1 Å². The summed E-state index contributed by atoms with van der Waals surface area (Å²) in [5, 5.41) is 18.3. The maximum absolute atomic E-state index is 12.6. The van der Waals surface area contributed by atoms with Crippen LogP contribution >= 0.6 is 7.82 Å². The van der Waals surface area contributed by atoms with Gasteiger partial charge in [0.2, 0.25) is 0 Å². The molecule has 0 saturated heterocycles. The lowest BCUT2D eigenvalue weighted by Gasteiger charge is -2.20. The Morgan fingerprint density at radius 3 is 1.48 bits per heavy atom. The van der Waals surface area contributed by atoms with Crippen molar-refractivity contribution >= 4 is 19.8 Å². The number of esters is 2. The van der Waals surface area contributed by atoms with Crippen LogP contribution in [0.15, 0.2) is 48.6 Å². The average Bonchev–Trinajstić information content (AvgIpc) is 3.19. The number of unbranched alkanes of at least 4 members (excludes halogenated alkanes) is 22. The standard InChI is InChI=1S/C45H81O10P/c1-3-5-7-9-11-13-15-17-19-20-21-23-24-26-28-30-32-34-36-44(48)52-40-43(41-54-56(50,51)53-39-42(47)38-46)55-45(49)37-35-33-31-29-27-25-22-18-16-14-12-10-8-6-4-2/h6,8,10,12,14,16,18,22,42-43,46-47H,3-5,7,9,11,13,15,17,19-21,23-41H2,1-2H3,(H,50,51)/b8-6+,12-10+,16-14+,22-18+/t42-,43+/m0/s1. The number of rotatable bonds is 41. The fourth-order valence-electron chi connectivity index (χ4n) is 5.95. The van der Waals surface area contributed by atoms with Gasteiger partial charge >= 0.3 is 19.8 Å². The predicted molar refractivity (Wildman–Crippen MR) is 228 cm³/mol. The van der Waals surface area contributed by atoms with E-state index >= 15 is 0 Å². The van der Waals surface area contributed by atoms with Gasteiger partial charge in [0.05, 0.1) is 19.8 Å². The molecule has 0 aromatic heterocycles. The number of aliphatic hydroxyl groups is 2. The quantitative estimate of drug-likeness (QED) is 0.0236. The van der Waals surface area contributed by atoms with E-state index in [0.29, 0.717) is 12.8 Å². The second kappa shape index (κ2) is 41.1. The zero-order valence-corrected chi connectivity index (χ0v) is 36.2. The van der Waals surface area contributed by atoms with Gasteiger partial charge in [0.25, 0.3) is 0 Å². The molecular formula is C45H81O10P. The van der Waals surface area contributed by atoms with Crippen LogP contribution in [0.1, 0.15) is 187 Å². The largest absolute Gasteiger partial charge is 0.472 e. The van der Waals surface area contributed by atoms with Crippen LogP contribution in [0.5, 0.6) is 0 Å². The molecule has 0 rings (SSSR count). The van der Waals surface area contributed by atoms with E-state index in [4.69, 9.17) is 19.1 Å². The number of carbonyl (C=O) groups excluding carboxylic acids is 2. The van der Waals surface area contributed by atoms with Crippen LogP contribution in [0, 0.1) is 0 Å². The van der Waals surface area contributed by atoms with Crippen molar-refractivity contribution in [3.8, 4) is 0 Å². The number of hydrogen-bond donors (Lipinski definition) is 3. The number of phosphoric acid groups is 1. The Balaban J connectivity index is 4.28. The molecule has 0 saturated carbocycles. The highest BCUT2D eigenvalue weighted by molar-refractivity contribution is 7.47. The summed E-state index contributed by atoms with van der Waals surface area (Å²) >= 11 is 0. The summed E-state index contributed by atoms with van der Waals surface area (Å²) in [6, 6.07) is 0. The molecule has 0 heterocycles. The molecule has 326 valence electrons. The number of carbonyl (C=O) groups is 2. The first-order valence-corrected chi connectivity index (χ1v) is 23.6. The first kappa shape index (κ1) is 53.9. The lowest BCUT2D eigenvalue weighted by molar-refractivity contribution is -0.161. The molecule has 1 unspecified atom stereocenters. The molecular weight excluding hydrogens is 731 g/mol. The summed E-state index contributed by atoms with van der Waals surface area (Å²) in [5.41, 5.74) is 0. The summed E-state index contributed by atoms with van der Waals surface area (Å²) in [6.07, 6.45) is 43.6. The second-order valence-corrected chi connectivity index (χ2v) is 16.2. The van der Waals surface area contributed by atoms with Crippen molar-refractivity contribution in [3.05, 3.63) is 48.6 Å². The highest BCUT2D eigenvalue weighted by atomic mass is 31.2. The van der Waals surface area contributed by atoms with Crippen LogP contribution in [-0.2, 0) is 32.7 Å². The topological polar surface area (TPSA) is 149 Å². The van der Waals surface area contributed by atoms with Gasteiger partial charge in [0.15, 0.2) is 6.10 Å². The highest BCUT2D eigenvalue weighted by Gasteiger charge is 2.27. The van der Waals surface area contributed by atoms with Crippen molar-refractivity contribution in [1.29, 1.82) is 0 Å². The molecule has 0 aliphatic carbocycles. The second-order valence-electron chi connectivity index (χ2n) is 14.8. The zero-order valence-electron chi connectivity index (χ0n) is 35.3. The third-order valence-corrected chi connectivity index (χ3v) is 10.3. The fraction of sp³-hybridized carbons (Fsp3) is 0.778. The monoisotopic (exact) mass is 813 g/mol. The molecule has 11 heteroatoms. The number of aliphatic hydroxyl groups excluding tert-OH is 2. The van der Waals surface area contributed by atoms with Gasteiger partial charge in [-0.25, -0.2) is 4.57 Å². The predicted octanol–water partition coefficient (Wildman–Crippen LogP) is 11.7. The SMILES string of the molecule is CC/C=C/C=C/C=C/C=C/CCCCCCCC(=O)O[C@H](COC(=O)CCCCCCCCCCCCCCCCCCCC)COP(=O)(O)OC[C@@H](O)CO. The van der Waals surface area contributed by atoms with Crippen molar-refractivity contribution in [2.75, 3.05) is 26.4 Å². The minimum atomic E-state index is -4.62. The number of phosphoric ester groups is 1. The van der Waals surface area contributed by atoms with Crippen molar-refractivity contribution in [3.63, 3.8) is 0 Å². The van der Waals surface area contributed by atoms with E-state index in [-0.39, 0.29) is 19.4 Å². The Labute approximate surface area is 341 Å². The fourth-order valence-corrected chi connectivity index (χ4v) is 6.74. The minimum Gasteiger partial charge on any atom is -0.462 e. The molecule has 0 aromatic carbocycles. The van der Waals surface area contributed by atoms with Gasteiger partial charge < -0.3 is 24.6 Å². The van der Waals surface area contributed by atoms with Gasteiger partial charge in [0.1, 0.15) is 12.7 Å². The molecule has 0 fully saturated rings. The van der Waals surface area contributed by atoms with Crippen molar-refractivity contribution in [2.24, 2.45) is 0 Å². The van der Waals surface area contributed by atoms with E-state index in [2.05, 4.69) is 30.5 Å². The molecule has 0 spiro atoms. The number of allylic oxidation sites excluding steroid dienone is 8. The van der Waals surface area contributed by atoms with E-state index in [9.17, 15) is 24.2 Å². The first-order chi connectivity index (χ1) is 27.2. The Bertz CT molecular complexity index is 1070. The van der Waals surface area contributed by atoms with Crippen LogP contribution in [0.4, 0.5) is 0 Å². The minimum absolute atomic E-state index is 0.158. The number of ether oxygens (including phenoxy) is 2. The van der Waals surface area contributed by atoms with Gasteiger partial charge in [-0.3, -0.25) is 18.6 Å². The summed E-state index contributed by atoms with van der Waals surface area (Å²) in [6.45, 7) is 2.23. The van der Waals surface area contributed by atoms with E-state index < -0.39 is 51.8 Å². The normalized spacial score (nSPS) is 14.3. The van der Waals surface area contributed by atoms with Crippen molar-refractivity contribution in [1.82, 2.24) is 0 Å². The van der Waals surface area contributed by atoms with Crippen LogP contribution < -0.4 is 0 Å². The summed E-state index contributed by atoms with van der Waals surface area (Å²) in [5.74, 6) is -0.948. The van der Waals surface area contributed by atoms with Crippen LogP contribution in [0.3, 0.4) is 0 Å². The Morgan fingerprint density at radius 1 is 0.554 bits per heavy atom. The van der Waals surface area contributed by atoms with Crippen LogP contribution in [0.2, 0.25) is 0 Å². The molecule has 10 nitrogen and oxygen atoms in total. The maximum atomic E-state index is 12.6. The average molecular weight is 813 g/mol. The van der Waals surface area contributed by atoms with E-state index in [1.54, 1.807) is 0 Å². The smallest absolute Gasteiger partial charge is 0.462 e. The molecule has 0 amide bonds. The lowest BCUT2D eigenvalue weighted by Crippen LogP contribution is -2.29. The van der Waals surface area contributed by atoms with E-state index in [1.165, 1.54) is 89.9 Å². The lowest BCUT2D eigenvalue weighted by atomic mass is 10.0. The summed E-state index contributed by atoms with van der Waals surface area (Å²) in [7, 11) is -4.62. The third kappa shape index (κ3) is 40.1. The molecule has 0 aliphatic heterocycles. The zero-order chi connectivity index (χ0) is 41.2. The third-order valence-electron chi connectivity index (χ3n) is 9.34. The Morgan fingerprint density at radius 2 is 0.982 bits per heavy atom. The Hall–Kier alpha value is -2.07. The van der Waals surface area contributed by atoms with Crippen LogP contribution in [0.25, 0.3) is 0 Å². The molecule has 0 aromatic rings. The molecule has 0 aliphatic rings. The van der Waals surface area contributed by atoms with Crippen molar-refractivity contribution in [2.45, 2.75) is 199 Å². The van der Waals surface area contributed by atoms with E-state index in [0.717, 1.165) is 57.8 Å². The van der Waals surface area contributed by atoms with Gasteiger partial charge in [-0.1, -0.05) is 191 Å². The molecule has 3 atom stereocenters. The van der Waals surface area contributed by atoms with Gasteiger partial charge in [-0.2, -0.15) is 0 Å². The highest BCUT2D eigenvalue weighted by Crippen LogP contribution is 2.43. The van der Waals surface area contributed by atoms with Gasteiger partial charge in [-0.15, -0.1) is 0 Å². The molecule has 56 heavy (non-hydrogen) atoms. The molecule has 3 N–H and O–H groups in total. The summed E-state index contributed by atoms with van der Waals surface area (Å²) < 4.78 is 32.7. The maximum Gasteiger partial charge on any atom is 0.472 e.